The Bertz CT molecular complexity index is 453. The minimum absolute atomic E-state index is 0. The van der Waals surface area contributed by atoms with Gasteiger partial charge in [0.2, 0.25) is 0 Å². The van der Waals surface area contributed by atoms with Crippen molar-refractivity contribution in [3.63, 3.8) is 0 Å². The summed E-state index contributed by atoms with van der Waals surface area (Å²) in [6.07, 6.45) is 0.986. The fraction of sp³-hybridized carbons (Fsp3) is 0.500. The Balaban J connectivity index is 0.00000180. The quantitative estimate of drug-likeness (QED) is 0.924. The highest BCUT2D eigenvalue weighted by molar-refractivity contribution is 5.94. The van der Waals surface area contributed by atoms with Crippen molar-refractivity contribution < 1.29 is 9.18 Å². The minimum Gasteiger partial charge on any atom is -0.338 e. The Hall–Kier alpha value is -1.13. The van der Waals surface area contributed by atoms with Crippen molar-refractivity contribution in [1.29, 1.82) is 0 Å². The van der Waals surface area contributed by atoms with E-state index in [9.17, 15) is 9.18 Å². The summed E-state index contributed by atoms with van der Waals surface area (Å²) >= 11 is 0. The van der Waals surface area contributed by atoms with Crippen molar-refractivity contribution in [2.45, 2.75) is 13.3 Å². The van der Waals surface area contributed by atoms with Crippen LogP contribution < -0.4 is 5.32 Å². The zero-order chi connectivity index (χ0) is 13.1. The van der Waals surface area contributed by atoms with Gasteiger partial charge < -0.3 is 10.2 Å². The first-order chi connectivity index (χ1) is 8.63. The molecule has 0 bridgehead atoms. The van der Waals surface area contributed by atoms with Gasteiger partial charge in [-0.1, -0.05) is 12.1 Å². The van der Waals surface area contributed by atoms with E-state index in [2.05, 4.69) is 5.32 Å². The molecule has 1 fully saturated rings. The number of carbonyl (C=O) groups excluding carboxylic acids is 1. The first-order valence-corrected chi connectivity index (χ1v) is 6.32. The van der Waals surface area contributed by atoms with E-state index in [1.807, 2.05) is 7.05 Å². The van der Waals surface area contributed by atoms with E-state index in [0.717, 1.165) is 19.5 Å². The van der Waals surface area contributed by atoms with Gasteiger partial charge in [0, 0.05) is 13.1 Å². The summed E-state index contributed by atoms with van der Waals surface area (Å²) in [6, 6.07) is 4.97. The van der Waals surface area contributed by atoms with Crippen LogP contribution in [0.4, 0.5) is 4.39 Å². The summed E-state index contributed by atoms with van der Waals surface area (Å²) in [7, 11) is 1.91. The molecule has 5 heteroatoms. The Morgan fingerprint density at radius 3 is 2.95 bits per heavy atom. The summed E-state index contributed by atoms with van der Waals surface area (Å²) in [5, 5.41) is 3.12. The van der Waals surface area contributed by atoms with Crippen LogP contribution in [0.1, 0.15) is 22.3 Å². The Morgan fingerprint density at radius 2 is 2.26 bits per heavy atom. The number of aryl methyl sites for hydroxylation is 1. The van der Waals surface area contributed by atoms with Gasteiger partial charge in [-0.15, -0.1) is 12.4 Å². The highest BCUT2D eigenvalue weighted by atomic mass is 35.5. The molecule has 1 aromatic rings. The third-order valence-corrected chi connectivity index (χ3v) is 3.49. The van der Waals surface area contributed by atoms with E-state index < -0.39 is 0 Å². The summed E-state index contributed by atoms with van der Waals surface area (Å²) in [5.74, 6) is -0.0961. The fourth-order valence-corrected chi connectivity index (χ4v) is 2.46. The number of amides is 1. The van der Waals surface area contributed by atoms with E-state index in [4.69, 9.17) is 0 Å². The van der Waals surface area contributed by atoms with Crippen LogP contribution in [0.25, 0.3) is 0 Å². The number of hydrogen-bond acceptors (Lipinski definition) is 2. The second kappa shape index (κ2) is 6.87. The van der Waals surface area contributed by atoms with E-state index in [1.165, 1.54) is 0 Å². The summed E-state index contributed by atoms with van der Waals surface area (Å²) in [5.41, 5.74) is 0.715. The topological polar surface area (TPSA) is 32.3 Å². The predicted octanol–water partition coefficient (Wildman–Crippen LogP) is 2.24. The normalized spacial score (nSPS) is 18.3. The van der Waals surface area contributed by atoms with Crippen LogP contribution in [-0.4, -0.2) is 37.5 Å². The van der Waals surface area contributed by atoms with Crippen molar-refractivity contribution in [1.82, 2.24) is 10.2 Å². The lowest BCUT2D eigenvalue weighted by molar-refractivity contribution is 0.0782. The smallest absolute Gasteiger partial charge is 0.256 e. The average molecular weight is 287 g/mol. The van der Waals surface area contributed by atoms with E-state index in [0.29, 0.717) is 18.0 Å². The standard InChI is InChI=1S/C14H19FN2O.ClH/c1-10-4-3-5-12(13(10)15)14(18)17-7-6-11(9-17)8-16-2;/h3-5,11,16H,6-9H2,1-2H3;1H. The monoisotopic (exact) mass is 286 g/mol. The maximum Gasteiger partial charge on any atom is 0.256 e. The van der Waals surface area contributed by atoms with Crippen molar-refractivity contribution in [2.75, 3.05) is 26.7 Å². The van der Waals surface area contributed by atoms with Gasteiger partial charge in [0.05, 0.1) is 5.56 Å². The third kappa shape index (κ3) is 3.45. The summed E-state index contributed by atoms with van der Waals surface area (Å²) in [4.78, 5) is 14.0. The number of benzene rings is 1. The van der Waals surface area contributed by atoms with E-state index in [1.54, 1.807) is 30.0 Å². The Labute approximate surface area is 119 Å². The number of carbonyl (C=O) groups is 1. The van der Waals surface area contributed by atoms with Gasteiger partial charge in [-0.25, -0.2) is 4.39 Å². The van der Waals surface area contributed by atoms with Gasteiger partial charge in [0.25, 0.3) is 5.91 Å². The van der Waals surface area contributed by atoms with Crippen molar-refractivity contribution >= 4 is 18.3 Å². The molecule has 19 heavy (non-hydrogen) atoms. The molecule has 2 rings (SSSR count). The van der Waals surface area contributed by atoms with Gasteiger partial charge in [-0.05, 0) is 44.5 Å². The van der Waals surface area contributed by atoms with Crippen molar-refractivity contribution in [3.05, 3.63) is 35.1 Å². The lowest BCUT2D eigenvalue weighted by Crippen LogP contribution is -2.31. The van der Waals surface area contributed by atoms with Crippen LogP contribution in [-0.2, 0) is 0 Å². The molecule has 1 atom stereocenters. The third-order valence-electron chi connectivity index (χ3n) is 3.49. The molecule has 1 aliphatic rings. The lowest BCUT2D eigenvalue weighted by Gasteiger charge is -2.17. The molecule has 1 saturated heterocycles. The first-order valence-electron chi connectivity index (χ1n) is 6.32. The molecule has 1 unspecified atom stereocenters. The van der Waals surface area contributed by atoms with Gasteiger partial charge >= 0.3 is 0 Å². The van der Waals surface area contributed by atoms with Crippen LogP contribution >= 0.6 is 12.4 Å². The molecule has 0 saturated carbocycles. The first kappa shape index (κ1) is 15.9. The van der Waals surface area contributed by atoms with Gasteiger partial charge in [0.15, 0.2) is 0 Å². The Morgan fingerprint density at radius 1 is 1.53 bits per heavy atom. The van der Waals surface area contributed by atoms with Crippen molar-refractivity contribution in [3.8, 4) is 0 Å². The molecule has 0 aliphatic carbocycles. The van der Waals surface area contributed by atoms with Gasteiger partial charge in [0.1, 0.15) is 5.82 Å². The van der Waals surface area contributed by atoms with Gasteiger partial charge in [-0.3, -0.25) is 4.79 Å². The second-order valence-electron chi connectivity index (χ2n) is 4.90. The van der Waals surface area contributed by atoms with Crippen LogP contribution in [0.15, 0.2) is 18.2 Å². The number of nitrogens with one attached hydrogen (secondary N) is 1. The summed E-state index contributed by atoms with van der Waals surface area (Å²) < 4.78 is 13.9. The van der Waals surface area contributed by atoms with Crippen molar-refractivity contribution in [2.24, 2.45) is 5.92 Å². The fourth-order valence-electron chi connectivity index (χ4n) is 2.46. The molecular formula is C14H20ClFN2O. The van der Waals surface area contributed by atoms with E-state index in [-0.39, 0.29) is 29.7 Å². The number of nitrogens with zero attached hydrogens (tertiary/aromatic N) is 1. The molecule has 0 aromatic heterocycles. The molecule has 1 N–H and O–H groups in total. The molecule has 1 aromatic carbocycles. The second-order valence-corrected chi connectivity index (χ2v) is 4.90. The molecule has 3 nitrogen and oxygen atoms in total. The summed E-state index contributed by atoms with van der Waals surface area (Å²) in [6.45, 7) is 4.02. The molecule has 0 radical (unpaired) electrons. The highest BCUT2D eigenvalue weighted by Gasteiger charge is 2.27. The molecule has 1 amide bonds. The number of likely N-dealkylation sites (tertiary alicyclic amines) is 1. The highest BCUT2D eigenvalue weighted by Crippen LogP contribution is 2.20. The maximum atomic E-state index is 13.9. The largest absolute Gasteiger partial charge is 0.338 e. The zero-order valence-electron chi connectivity index (χ0n) is 11.3. The van der Waals surface area contributed by atoms with Crippen LogP contribution in [0.2, 0.25) is 0 Å². The van der Waals surface area contributed by atoms with E-state index >= 15 is 0 Å². The predicted molar refractivity (Wildman–Crippen MR) is 76.3 cm³/mol. The molecule has 0 spiro atoms. The zero-order valence-corrected chi connectivity index (χ0v) is 12.1. The van der Waals surface area contributed by atoms with Crippen LogP contribution in [0, 0.1) is 18.7 Å². The van der Waals surface area contributed by atoms with Crippen LogP contribution in [0.3, 0.4) is 0 Å². The SMILES string of the molecule is CNCC1CCN(C(=O)c2cccc(C)c2F)C1.Cl. The molecular weight excluding hydrogens is 267 g/mol. The maximum absolute atomic E-state index is 13.9. The molecule has 1 heterocycles. The minimum atomic E-state index is -0.389. The number of halogens is 2. The average Bonchev–Trinajstić information content (AvgIpc) is 2.81. The lowest BCUT2D eigenvalue weighted by atomic mass is 10.1. The van der Waals surface area contributed by atoms with Crippen LogP contribution in [0.5, 0.6) is 0 Å². The van der Waals surface area contributed by atoms with Gasteiger partial charge in [-0.2, -0.15) is 0 Å². The Kier molecular flexibility index (Phi) is 5.76. The number of hydrogen-bond donors (Lipinski definition) is 1. The number of rotatable bonds is 3. The molecule has 1 aliphatic heterocycles. The molecule has 106 valence electrons.